The fourth-order valence-corrected chi connectivity index (χ4v) is 0.863. The van der Waals surface area contributed by atoms with Gasteiger partial charge in [-0.05, 0) is 6.42 Å². The molecule has 62 valence electrons. The molecule has 4 heteroatoms. The van der Waals surface area contributed by atoms with Crippen LogP contribution in [0.15, 0.2) is 23.8 Å². The van der Waals surface area contributed by atoms with Crippen molar-refractivity contribution in [3.63, 3.8) is 0 Å². The predicted octanol–water partition coefficient (Wildman–Crippen LogP) is -2.71. The van der Waals surface area contributed by atoms with Crippen LogP contribution in [0.25, 0.3) is 0 Å². The third kappa shape index (κ3) is 2.74. The molecule has 1 unspecified atom stereocenters. The average molecular weight is 175 g/mol. The number of allylic oxidation sites excluding steroid dienone is 2. The molecule has 0 heterocycles. The molecule has 0 spiro atoms. The first-order valence-corrected chi connectivity index (χ1v) is 3.06. The zero-order chi connectivity index (χ0) is 7.56. The minimum atomic E-state index is -0.875. The van der Waals surface area contributed by atoms with Crippen LogP contribution in [-0.2, 0) is 4.79 Å². The molecule has 0 radical (unpaired) electrons. The Morgan fingerprint density at radius 1 is 1.73 bits per heavy atom. The molecule has 0 aliphatic heterocycles. The first-order chi connectivity index (χ1) is 4.70. The molecule has 0 bridgehead atoms. The van der Waals surface area contributed by atoms with Crippen molar-refractivity contribution in [3.05, 3.63) is 23.8 Å². The van der Waals surface area contributed by atoms with Crippen LogP contribution in [-0.4, -0.2) is 17.1 Å². The summed E-state index contributed by atoms with van der Waals surface area (Å²) in [5.74, 6) is -0.875. The van der Waals surface area contributed by atoms with Crippen molar-refractivity contribution in [1.82, 2.24) is 0 Å². The standard InChI is InChI=1S/C7H9NO2.ClH/c8-6-3-1-2-5(4-6)7(9)10;/h1-3,6H,4,8H2,(H,9,10);1H/p-1. The zero-order valence-electron chi connectivity index (χ0n) is 5.83. The van der Waals surface area contributed by atoms with E-state index in [1.54, 1.807) is 18.2 Å². The van der Waals surface area contributed by atoms with Crippen molar-refractivity contribution in [1.29, 1.82) is 0 Å². The maximum atomic E-state index is 10.3. The Morgan fingerprint density at radius 3 is 2.73 bits per heavy atom. The first-order valence-electron chi connectivity index (χ1n) is 3.06. The summed E-state index contributed by atoms with van der Waals surface area (Å²) in [5, 5.41) is 8.50. The molecule has 0 aromatic rings. The van der Waals surface area contributed by atoms with Gasteiger partial charge >= 0.3 is 5.97 Å². The number of aliphatic carboxylic acids is 1. The highest BCUT2D eigenvalue weighted by Gasteiger charge is 2.11. The van der Waals surface area contributed by atoms with E-state index in [9.17, 15) is 4.79 Å². The number of rotatable bonds is 1. The summed E-state index contributed by atoms with van der Waals surface area (Å²) in [6.45, 7) is 0. The van der Waals surface area contributed by atoms with Crippen molar-refractivity contribution in [2.24, 2.45) is 5.73 Å². The van der Waals surface area contributed by atoms with Crippen molar-refractivity contribution in [3.8, 4) is 0 Å². The molecule has 0 amide bonds. The molecule has 3 N–H and O–H groups in total. The summed E-state index contributed by atoms with van der Waals surface area (Å²) in [7, 11) is 0. The normalized spacial score (nSPS) is 21.9. The van der Waals surface area contributed by atoms with Gasteiger partial charge in [-0.2, -0.15) is 0 Å². The second kappa shape index (κ2) is 4.16. The largest absolute Gasteiger partial charge is 1.00 e. The Kier molecular flexibility index (Phi) is 3.85. The van der Waals surface area contributed by atoms with Gasteiger partial charge in [0.15, 0.2) is 0 Å². The first kappa shape index (κ1) is 10.2. The third-order valence-corrected chi connectivity index (χ3v) is 1.39. The highest BCUT2D eigenvalue weighted by atomic mass is 35.5. The van der Waals surface area contributed by atoms with Gasteiger partial charge < -0.3 is 23.2 Å². The second-order valence-corrected chi connectivity index (χ2v) is 2.25. The van der Waals surface area contributed by atoms with Crippen LogP contribution < -0.4 is 18.1 Å². The molecule has 1 atom stereocenters. The zero-order valence-corrected chi connectivity index (χ0v) is 6.58. The summed E-state index contributed by atoms with van der Waals surface area (Å²) in [5.41, 5.74) is 5.86. The van der Waals surface area contributed by atoms with Gasteiger partial charge in [-0.25, -0.2) is 4.79 Å². The molecule has 0 aromatic carbocycles. The van der Waals surface area contributed by atoms with Crippen LogP contribution in [0.1, 0.15) is 6.42 Å². The van der Waals surface area contributed by atoms with Crippen LogP contribution in [0.5, 0.6) is 0 Å². The van der Waals surface area contributed by atoms with Crippen LogP contribution in [0.3, 0.4) is 0 Å². The molecular weight excluding hydrogens is 166 g/mol. The van der Waals surface area contributed by atoms with E-state index >= 15 is 0 Å². The lowest BCUT2D eigenvalue weighted by Crippen LogP contribution is -3.00. The molecule has 0 aromatic heterocycles. The van der Waals surface area contributed by atoms with E-state index in [2.05, 4.69) is 0 Å². The van der Waals surface area contributed by atoms with Gasteiger partial charge in [0.05, 0.1) is 0 Å². The minimum absolute atomic E-state index is 0. The van der Waals surface area contributed by atoms with Crippen molar-refractivity contribution in [2.45, 2.75) is 12.5 Å². The quantitative estimate of drug-likeness (QED) is 0.455. The molecule has 1 rings (SSSR count). The molecule has 11 heavy (non-hydrogen) atoms. The Morgan fingerprint density at radius 2 is 2.36 bits per heavy atom. The lowest BCUT2D eigenvalue weighted by atomic mass is 10.0. The Labute approximate surface area is 71.0 Å². The van der Waals surface area contributed by atoms with Gasteiger partial charge in [0.25, 0.3) is 0 Å². The number of carbonyl (C=O) groups is 1. The van der Waals surface area contributed by atoms with Gasteiger partial charge in [0.2, 0.25) is 0 Å². The maximum absolute atomic E-state index is 10.3. The molecule has 1 aliphatic rings. The molecular formula is C7H9ClNO2-. The monoisotopic (exact) mass is 174 g/mol. The maximum Gasteiger partial charge on any atom is 0.331 e. The van der Waals surface area contributed by atoms with Gasteiger partial charge in [0, 0.05) is 11.6 Å². The topological polar surface area (TPSA) is 63.3 Å². The summed E-state index contributed by atoms with van der Waals surface area (Å²) < 4.78 is 0. The lowest BCUT2D eigenvalue weighted by molar-refractivity contribution is -0.132. The predicted molar refractivity (Wildman–Crippen MR) is 37.5 cm³/mol. The van der Waals surface area contributed by atoms with Crippen LogP contribution in [0, 0.1) is 0 Å². The van der Waals surface area contributed by atoms with Gasteiger partial charge in [0.1, 0.15) is 0 Å². The van der Waals surface area contributed by atoms with E-state index in [1.165, 1.54) is 0 Å². The second-order valence-electron chi connectivity index (χ2n) is 2.25. The molecule has 0 saturated carbocycles. The van der Waals surface area contributed by atoms with Crippen LogP contribution >= 0.6 is 0 Å². The minimum Gasteiger partial charge on any atom is -1.00 e. The van der Waals surface area contributed by atoms with E-state index in [1.807, 2.05) is 0 Å². The molecule has 1 aliphatic carbocycles. The number of hydrogen-bond donors (Lipinski definition) is 2. The van der Waals surface area contributed by atoms with Crippen LogP contribution in [0.4, 0.5) is 0 Å². The summed E-state index contributed by atoms with van der Waals surface area (Å²) in [6, 6.07) is -0.129. The fourth-order valence-electron chi connectivity index (χ4n) is 0.863. The summed E-state index contributed by atoms with van der Waals surface area (Å²) in [6.07, 6.45) is 5.47. The van der Waals surface area contributed by atoms with Gasteiger partial charge in [-0.1, -0.05) is 18.2 Å². The highest BCUT2D eigenvalue weighted by molar-refractivity contribution is 5.87. The average Bonchev–Trinajstić information content (AvgIpc) is 1.88. The Balaban J connectivity index is 0.000001000. The Bertz CT molecular complexity index is 210. The summed E-state index contributed by atoms with van der Waals surface area (Å²) in [4.78, 5) is 10.3. The number of nitrogens with two attached hydrogens (primary N) is 1. The molecule has 0 saturated heterocycles. The van der Waals surface area contributed by atoms with Crippen molar-refractivity contribution >= 4 is 5.97 Å². The van der Waals surface area contributed by atoms with E-state index in [0.29, 0.717) is 12.0 Å². The third-order valence-electron chi connectivity index (χ3n) is 1.39. The van der Waals surface area contributed by atoms with E-state index < -0.39 is 5.97 Å². The number of carboxylic acid groups (broad SMARTS) is 1. The molecule has 0 fully saturated rings. The lowest BCUT2D eigenvalue weighted by Gasteiger charge is -2.09. The van der Waals surface area contributed by atoms with Gasteiger partial charge in [-0.3, -0.25) is 0 Å². The van der Waals surface area contributed by atoms with Crippen LogP contribution in [0.2, 0.25) is 0 Å². The van der Waals surface area contributed by atoms with Crippen molar-refractivity contribution < 1.29 is 22.3 Å². The number of halogens is 1. The number of hydrogen-bond acceptors (Lipinski definition) is 2. The molecule has 3 nitrogen and oxygen atoms in total. The van der Waals surface area contributed by atoms with E-state index in [4.69, 9.17) is 10.8 Å². The summed E-state index contributed by atoms with van der Waals surface area (Å²) >= 11 is 0. The Hall–Kier alpha value is -0.800. The van der Waals surface area contributed by atoms with Crippen molar-refractivity contribution in [2.75, 3.05) is 0 Å². The number of carboxylic acids is 1. The SMILES string of the molecule is NC1C=CC=C(C(=O)O)C1.[Cl-]. The van der Waals surface area contributed by atoms with Gasteiger partial charge in [-0.15, -0.1) is 0 Å². The fraction of sp³-hybridized carbons (Fsp3) is 0.286. The van der Waals surface area contributed by atoms with E-state index in [0.717, 1.165) is 0 Å². The van der Waals surface area contributed by atoms with E-state index in [-0.39, 0.29) is 18.4 Å². The highest BCUT2D eigenvalue weighted by Crippen LogP contribution is 2.10. The smallest absolute Gasteiger partial charge is 0.331 e.